The molecule has 28 heavy (non-hydrogen) atoms. The quantitative estimate of drug-likeness (QED) is 0.789. The maximum absolute atomic E-state index is 12.1. The minimum Gasteiger partial charge on any atom is -0.404 e. The van der Waals surface area contributed by atoms with E-state index in [1.54, 1.807) is 6.20 Å². The lowest BCUT2D eigenvalue weighted by molar-refractivity contribution is -0.0958. The summed E-state index contributed by atoms with van der Waals surface area (Å²) in [7, 11) is 0. The van der Waals surface area contributed by atoms with Gasteiger partial charge in [-0.2, -0.15) is 0 Å². The molecular formula is C23H24N4O. The van der Waals surface area contributed by atoms with E-state index in [9.17, 15) is 4.79 Å². The SMILES string of the molecule is Cc1ccc(C(C=NCC23CC(C2)C3)=CN)c(-c2ccc3c(c2)C(=O)NC3)n1. The van der Waals surface area contributed by atoms with Gasteiger partial charge < -0.3 is 11.1 Å². The van der Waals surface area contributed by atoms with Crippen LogP contribution in [-0.2, 0) is 6.54 Å². The Hall–Kier alpha value is -2.95. The van der Waals surface area contributed by atoms with Crippen molar-refractivity contribution in [3.8, 4) is 11.3 Å². The van der Waals surface area contributed by atoms with Gasteiger partial charge in [-0.05, 0) is 55.2 Å². The third-order valence-electron chi connectivity index (χ3n) is 6.41. The lowest BCUT2D eigenvalue weighted by Crippen LogP contribution is -2.53. The molecule has 3 fully saturated rings. The predicted octanol–water partition coefficient (Wildman–Crippen LogP) is 3.47. The number of amides is 1. The van der Waals surface area contributed by atoms with Crippen molar-refractivity contribution in [3.05, 3.63) is 58.9 Å². The minimum atomic E-state index is -0.0271. The second-order valence-electron chi connectivity index (χ2n) is 8.47. The van der Waals surface area contributed by atoms with E-state index in [2.05, 4.69) is 5.32 Å². The highest BCUT2D eigenvalue weighted by molar-refractivity contribution is 6.12. The molecule has 0 spiro atoms. The highest BCUT2D eigenvalue weighted by Crippen LogP contribution is 2.64. The van der Waals surface area contributed by atoms with Crippen LogP contribution in [0.4, 0.5) is 0 Å². The Balaban J connectivity index is 1.48. The molecule has 0 unspecified atom stereocenters. The summed E-state index contributed by atoms with van der Waals surface area (Å²) in [4.78, 5) is 21.6. The molecule has 1 aliphatic heterocycles. The highest BCUT2D eigenvalue weighted by atomic mass is 16.1. The molecule has 3 aliphatic carbocycles. The van der Waals surface area contributed by atoms with Crippen molar-refractivity contribution in [2.75, 3.05) is 6.54 Å². The molecule has 5 heteroatoms. The first-order valence-corrected chi connectivity index (χ1v) is 9.88. The summed E-state index contributed by atoms with van der Waals surface area (Å²) in [5.41, 5.74) is 12.7. The van der Waals surface area contributed by atoms with Gasteiger partial charge in [0.05, 0.1) is 5.69 Å². The number of aromatic nitrogens is 1. The average Bonchev–Trinajstić information content (AvgIpc) is 3.00. The van der Waals surface area contributed by atoms with Gasteiger partial charge in [-0.1, -0.05) is 18.2 Å². The molecule has 1 aromatic carbocycles. The maximum atomic E-state index is 12.1. The Labute approximate surface area is 164 Å². The number of carbonyl (C=O) groups excluding carboxylic acids is 1. The fraction of sp³-hybridized carbons (Fsp3) is 0.348. The third kappa shape index (κ3) is 2.73. The number of benzene rings is 1. The van der Waals surface area contributed by atoms with Gasteiger partial charge in [0.1, 0.15) is 0 Å². The van der Waals surface area contributed by atoms with E-state index in [0.29, 0.717) is 12.0 Å². The van der Waals surface area contributed by atoms with E-state index in [4.69, 9.17) is 15.7 Å². The van der Waals surface area contributed by atoms with E-state index in [-0.39, 0.29) is 5.91 Å². The van der Waals surface area contributed by atoms with Gasteiger partial charge in [-0.25, -0.2) is 0 Å². The van der Waals surface area contributed by atoms with E-state index in [0.717, 1.165) is 51.7 Å². The number of nitrogens with one attached hydrogen (secondary N) is 1. The Morgan fingerprint density at radius 2 is 2.14 bits per heavy atom. The van der Waals surface area contributed by atoms with Gasteiger partial charge in [-0.3, -0.25) is 14.8 Å². The summed E-state index contributed by atoms with van der Waals surface area (Å²) < 4.78 is 0. The zero-order chi connectivity index (χ0) is 19.3. The minimum absolute atomic E-state index is 0.0271. The Bertz CT molecular complexity index is 1020. The number of carbonyl (C=O) groups is 1. The van der Waals surface area contributed by atoms with Gasteiger partial charge in [0.15, 0.2) is 0 Å². The van der Waals surface area contributed by atoms with Crippen LogP contribution < -0.4 is 11.1 Å². The van der Waals surface area contributed by atoms with Crippen LogP contribution in [0.25, 0.3) is 16.8 Å². The second-order valence-corrected chi connectivity index (χ2v) is 8.47. The largest absolute Gasteiger partial charge is 0.404 e. The third-order valence-corrected chi connectivity index (χ3v) is 6.41. The number of nitrogens with two attached hydrogens (primary N) is 1. The standard InChI is InChI=1S/C23H24N4O/c1-14-2-5-19(18(10-24)11-25-13-23-7-15(8-23)9-23)21(27-14)16-3-4-17-12-26-22(28)20(17)6-16/h2-6,10-11,15H,7-9,12-13,24H2,1H3,(H,26,28). The number of allylic oxidation sites excluding steroid dienone is 1. The monoisotopic (exact) mass is 372 g/mol. The molecule has 0 saturated heterocycles. The molecule has 6 rings (SSSR count). The number of nitrogens with zero attached hydrogens (tertiary/aromatic N) is 2. The summed E-state index contributed by atoms with van der Waals surface area (Å²) >= 11 is 0. The molecule has 2 bridgehead atoms. The first kappa shape index (κ1) is 17.2. The first-order valence-electron chi connectivity index (χ1n) is 9.88. The highest BCUT2D eigenvalue weighted by Gasteiger charge is 2.55. The van der Waals surface area contributed by atoms with Crippen LogP contribution in [0.15, 0.2) is 41.5 Å². The van der Waals surface area contributed by atoms with Crippen LogP contribution in [0.2, 0.25) is 0 Å². The van der Waals surface area contributed by atoms with Crippen LogP contribution >= 0.6 is 0 Å². The fourth-order valence-electron chi connectivity index (χ4n) is 4.76. The molecule has 3 saturated carbocycles. The number of hydrogen-bond donors (Lipinski definition) is 2. The average molecular weight is 372 g/mol. The first-order chi connectivity index (χ1) is 13.6. The topological polar surface area (TPSA) is 80.4 Å². The van der Waals surface area contributed by atoms with E-state index in [1.807, 2.05) is 43.5 Å². The van der Waals surface area contributed by atoms with E-state index >= 15 is 0 Å². The van der Waals surface area contributed by atoms with E-state index in [1.165, 1.54) is 19.3 Å². The van der Waals surface area contributed by atoms with Gasteiger partial charge >= 0.3 is 0 Å². The van der Waals surface area contributed by atoms with Gasteiger partial charge in [0.2, 0.25) is 0 Å². The molecule has 4 aliphatic rings. The van der Waals surface area contributed by atoms with Crippen LogP contribution in [0.5, 0.6) is 0 Å². The second kappa shape index (κ2) is 6.30. The van der Waals surface area contributed by atoms with Crippen molar-refractivity contribution in [2.45, 2.75) is 32.7 Å². The van der Waals surface area contributed by atoms with Crippen molar-refractivity contribution in [1.29, 1.82) is 0 Å². The van der Waals surface area contributed by atoms with Gasteiger partial charge in [-0.15, -0.1) is 0 Å². The fourth-order valence-corrected chi connectivity index (χ4v) is 4.76. The summed E-state index contributed by atoms with van der Waals surface area (Å²) in [5, 5.41) is 2.87. The van der Waals surface area contributed by atoms with Crippen molar-refractivity contribution in [1.82, 2.24) is 10.3 Å². The van der Waals surface area contributed by atoms with Crippen molar-refractivity contribution in [2.24, 2.45) is 22.1 Å². The van der Waals surface area contributed by atoms with Crippen molar-refractivity contribution < 1.29 is 4.79 Å². The van der Waals surface area contributed by atoms with Crippen molar-refractivity contribution >= 4 is 17.7 Å². The summed E-state index contributed by atoms with van der Waals surface area (Å²) in [6.07, 6.45) is 7.49. The lowest BCUT2D eigenvalue weighted by atomic mass is 9.44. The van der Waals surface area contributed by atoms with Gasteiger partial charge in [0.25, 0.3) is 5.91 Å². The van der Waals surface area contributed by atoms with Gasteiger partial charge in [0, 0.05) is 53.5 Å². The maximum Gasteiger partial charge on any atom is 0.251 e. The van der Waals surface area contributed by atoms with E-state index < -0.39 is 0 Å². The smallest absolute Gasteiger partial charge is 0.251 e. The molecule has 5 nitrogen and oxygen atoms in total. The number of aryl methyl sites for hydroxylation is 1. The normalized spacial score (nSPS) is 25.2. The lowest BCUT2D eigenvalue weighted by Gasteiger charge is -2.61. The number of pyridine rings is 1. The summed E-state index contributed by atoms with van der Waals surface area (Å²) in [5.74, 6) is 0.936. The van der Waals surface area contributed by atoms with Crippen LogP contribution in [0, 0.1) is 18.3 Å². The Morgan fingerprint density at radius 1 is 1.32 bits per heavy atom. The molecule has 1 aromatic heterocycles. The molecule has 0 radical (unpaired) electrons. The zero-order valence-corrected chi connectivity index (χ0v) is 16.0. The number of rotatable bonds is 5. The number of fused-ring (bicyclic) bond motifs is 1. The van der Waals surface area contributed by atoms with Crippen LogP contribution in [0.3, 0.4) is 0 Å². The summed E-state index contributed by atoms with van der Waals surface area (Å²) in [6.45, 7) is 3.44. The Morgan fingerprint density at radius 3 is 2.86 bits per heavy atom. The number of hydrogen-bond acceptors (Lipinski definition) is 4. The molecule has 2 heterocycles. The predicted molar refractivity (Wildman–Crippen MR) is 111 cm³/mol. The van der Waals surface area contributed by atoms with Crippen LogP contribution in [0.1, 0.15) is 46.4 Å². The molecule has 3 N–H and O–H groups in total. The molecular weight excluding hydrogens is 348 g/mol. The van der Waals surface area contributed by atoms with Crippen molar-refractivity contribution in [3.63, 3.8) is 0 Å². The molecule has 0 atom stereocenters. The summed E-state index contributed by atoms with van der Waals surface area (Å²) in [6, 6.07) is 9.97. The molecule has 1 amide bonds. The number of aliphatic imine (C=N–C) groups is 1. The van der Waals surface area contributed by atoms with Crippen LogP contribution in [-0.4, -0.2) is 23.7 Å². The Kier molecular flexibility index (Phi) is 3.86. The molecule has 2 aromatic rings. The zero-order valence-electron chi connectivity index (χ0n) is 16.0. The molecule has 142 valence electrons.